The molecule has 0 radical (unpaired) electrons. The van der Waals surface area contributed by atoms with Gasteiger partial charge in [0.05, 0.1) is 11.7 Å². The van der Waals surface area contributed by atoms with Crippen LogP contribution in [0.3, 0.4) is 0 Å². The molecule has 5 heteroatoms. The number of rotatable bonds is 2. The number of aromatic amines is 1. The van der Waals surface area contributed by atoms with E-state index in [2.05, 4.69) is 20.6 Å². The van der Waals surface area contributed by atoms with Gasteiger partial charge < -0.3 is 15.6 Å². The Kier molecular flexibility index (Phi) is 2.73. The molecule has 1 aliphatic heterocycles. The molecule has 2 unspecified atom stereocenters. The number of amides is 1. The molecule has 5 nitrogen and oxygen atoms in total. The molecule has 2 fully saturated rings. The highest BCUT2D eigenvalue weighted by atomic mass is 16.1. The first kappa shape index (κ1) is 11.9. The van der Waals surface area contributed by atoms with Crippen LogP contribution in [0.5, 0.6) is 0 Å². The van der Waals surface area contributed by atoms with Crippen LogP contribution in [-0.2, 0) is 0 Å². The molecule has 1 aliphatic carbocycles. The first-order valence-corrected chi connectivity index (χ1v) is 7.28. The van der Waals surface area contributed by atoms with Gasteiger partial charge in [0.15, 0.2) is 0 Å². The van der Waals surface area contributed by atoms with E-state index in [1.807, 2.05) is 12.1 Å². The molecule has 3 atom stereocenters. The van der Waals surface area contributed by atoms with Crippen molar-refractivity contribution in [3.63, 3.8) is 0 Å². The SMILES string of the molecule is O=C(N[C@@H]1CCNC2CCC21)c1cc2ccncc2[nH]1. The Bertz CT molecular complexity index is 617. The molecular formula is C15H18N4O. The molecule has 1 saturated heterocycles. The van der Waals surface area contributed by atoms with Crippen molar-refractivity contribution in [3.8, 4) is 0 Å². The highest BCUT2D eigenvalue weighted by Gasteiger charge is 2.40. The number of pyridine rings is 1. The molecule has 2 aliphatic rings. The fourth-order valence-corrected chi connectivity index (χ4v) is 3.42. The van der Waals surface area contributed by atoms with Gasteiger partial charge in [-0.3, -0.25) is 9.78 Å². The number of fused-ring (bicyclic) bond motifs is 2. The van der Waals surface area contributed by atoms with Gasteiger partial charge in [0.25, 0.3) is 5.91 Å². The number of aromatic nitrogens is 2. The fourth-order valence-electron chi connectivity index (χ4n) is 3.42. The number of carbonyl (C=O) groups excluding carboxylic acids is 1. The first-order chi connectivity index (χ1) is 9.81. The summed E-state index contributed by atoms with van der Waals surface area (Å²) in [7, 11) is 0. The highest BCUT2D eigenvalue weighted by molar-refractivity contribution is 5.97. The lowest BCUT2D eigenvalue weighted by molar-refractivity contribution is 0.0794. The number of nitrogens with zero attached hydrogens (tertiary/aromatic N) is 1. The third-order valence-corrected chi connectivity index (χ3v) is 4.69. The van der Waals surface area contributed by atoms with E-state index in [4.69, 9.17) is 0 Å². The van der Waals surface area contributed by atoms with Crippen LogP contribution < -0.4 is 10.6 Å². The Hall–Kier alpha value is -1.88. The van der Waals surface area contributed by atoms with Crippen LogP contribution in [0.1, 0.15) is 29.8 Å². The molecule has 1 saturated carbocycles. The van der Waals surface area contributed by atoms with E-state index in [9.17, 15) is 4.79 Å². The largest absolute Gasteiger partial charge is 0.349 e. The molecule has 0 spiro atoms. The second-order valence-electron chi connectivity index (χ2n) is 5.82. The minimum absolute atomic E-state index is 0.00116. The Balaban J connectivity index is 1.52. The van der Waals surface area contributed by atoms with Gasteiger partial charge >= 0.3 is 0 Å². The van der Waals surface area contributed by atoms with Crippen molar-refractivity contribution < 1.29 is 4.79 Å². The van der Waals surface area contributed by atoms with Gasteiger partial charge in [-0.15, -0.1) is 0 Å². The van der Waals surface area contributed by atoms with E-state index >= 15 is 0 Å². The lowest BCUT2D eigenvalue weighted by Gasteiger charge is -2.46. The van der Waals surface area contributed by atoms with Crippen LogP contribution >= 0.6 is 0 Å². The summed E-state index contributed by atoms with van der Waals surface area (Å²) in [5, 5.41) is 7.74. The lowest BCUT2D eigenvalue weighted by atomic mass is 9.71. The van der Waals surface area contributed by atoms with Gasteiger partial charge in [0, 0.05) is 23.7 Å². The molecule has 3 heterocycles. The van der Waals surface area contributed by atoms with E-state index in [1.165, 1.54) is 12.8 Å². The van der Waals surface area contributed by atoms with Crippen LogP contribution in [0.15, 0.2) is 24.5 Å². The Morgan fingerprint density at radius 1 is 1.35 bits per heavy atom. The lowest BCUT2D eigenvalue weighted by Crippen LogP contribution is -2.59. The van der Waals surface area contributed by atoms with Crippen molar-refractivity contribution in [1.29, 1.82) is 0 Å². The zero-order valence-corrected chi connectivity index (χ0v) is 11.2. The maximum absolute atomic E-state index is 12.4. The summed E-state index contributed by atoms with van der Waals surface area (Å²) in [6, 6.07) is 4.73. The summed E-state index contributed by atoms with van der Waals surface area (Å²) in [5.74, 6) is 0.609. The summed E-state index contributed by atoms with van der Waals surface area (Å²) in [6.45, 7) is 1.00. The smallest absolute Gasteiger partial charge is 0.267 e. The summed E-state index contributed by atoms with van der Waals surface area (Å²) in [4.78, 5) is 19.6. The Morgan fingerprint density at radius 3 is 3.10 bits per heavy atom. The molecule has 0 bridgehead atoms. The van der Waals surface area contributed by atoms with E-state index < -0.39 is 0 Å². The standard InChI is InChI=1S/C15H18N4O/c20-15(13-7-9-3-5-16-8-14(9)18-13)19-12-4-6-17-11-2-1-10(11)12/h3,5,7-8,10-12,17-18H,1-2,4,6H2,(H,19,20)/t10?,11?,12-/m1/s1. The van der Waals surface area contributed by atoms with Crippen LogP contribution in [0, 0.1) is 5.92 Å². The zero-order valence-electron chi connectivity index (χ0n) is 11.2. The summed E-state index contributed by atoms with van der Waals surface area (Å²) >= 11 is 0. The van der Waals surface area contributed by atoms with Crippen molar-refractivity contribution in [2.45, 2.75) is 31.3 Å². The van der Waals surface area contributed by atoms with Crippen LogP contribution in [0.4, 0.5) is 0 Å². The average molecular weight is 270 g/mol. The summed E-state index contributed by atoms with van der Waals surface area (Å²) in [6.07, 6.45) is 6.98. The van der Waals surface area contributed by atoms with E-state index in [0.29, 0.717) is 23.7 Å². The minimum atomic E-state index is -0.00116. The van der Waals surface area contributed by atoms with Gasteiger partial charge in [-0.05, 0) is 43.9 Å². The second-order valence-corrected chi connectivity index (χ2v) is 5.82. The quantitative estimate of drug-likeness (QED) is 0.773. The maximum Gasteiger partial charge on any atom is 0.267 e. The van der Waals surface area contributed by atoms with Gasteiger partial charge in [0.1, 0.15) is 5.69 Å². The third kappa shape index (κ3) is 1.89. The number of nitrogens with one attached hydrogen (secondary N) is 3. The van der Waals surface area contributed by atoms with Crippen molar-refractivity contribution >= 4 is 16.8 Å². The van der Waals surface area contributed by atoms with E-state index in [0.717, 1.165) is 23.9 Å². The fraction of sp³-hybridized carbons (Fsp3) is 0.467. The first-order valence-electron chi connectivity index (χ1n) is 7.28. The number of hydrogen-bond acceptors (Lipinski definition) is 3. The molecule has 3 N–H and O–H groups in total. The van der Waals surface area contributed by atoms with Gasteiger partial charge in [-0.2, -0.15) is 0 Å². The van der Waals surface area contributed by atoms with E-state index in [-0.39, 0.29) is 5.91 Å². The second kappa shape index (κ2) is 4.59. The number of carbonyl (C=O) groups is 1. The molecule has 104 valence electrons. The van der Waals surface area contributed by atoms with Crippen LogP contribution in [0.25, 0.3) is 10.9 Å². The average Bonchev–Trinajstić information content (AvgIpc) is 2.85. The predicted molar refractivity (Wildman–Crippen MR) is 76.5 cm³/mol. The highest BCUT2D eigenvalue weighted by Crippen LogP contribution is 2.34. The Labute approximate surface area is 117 Å². The molecule has 2 aromatic rings. The van der Waals surface area contributed by atoms with Crippen molar-refractivity contribution in [3.05, 3.63) is 30.2 Å². The normalized spacial score (nSPS) is 28.7. The number of piperidine rings is 1. The van der Waals surface area contributed by atoms with Gasteiger partial charge in [-0.1, -0.05) is 0 Å². The van der Waals surface area contributed by atoms with Crippen molar-refractivity contribution in [2.75, 3.05) is 6.54 Å². The molecule has 4 rings (SSSR count). The number of hydrogen-bond donors (Lipinski definition) is 3. The summed E-state index contributed by atoms with van der Waals surface area (Å²) < 4.78 is 0. The predicted octanol–water partition coefficient (Wildman–Crippen LogP) is 1.43. The molecule has 2 aromatic heterocycles. The van der Waals surface area contributed by atoms with Crippen LogP contribution in [-0.4, -0.2) is 34.5 Å². The van der Waals surface area contributed by atoms with E-state index in [1.54, 1.807) is 12.4 Å². The monoisotopic (exact) mass is 270 g/mol. The summed E-state index contributed by atoms with van der Waals surface area (Å²) in [5.41, 5.74) is 1.53. The van der Waals surface area contributed by atoms with Crippen molar-refractivity contribution in [1.82, 2.24) is 20.6 Å². The Morgan fingerprint density at radius 2 is 2.30 bits per heavy atom. The zero-order chi connectivity index (χ0) is 13.5. The topological polar surface area (TPSA) is 69.8 Å². The van der Waals surface area contributed by atoms with Crippen LogP contribution in [0.2, 0.25) is 0 Å². The third-order valence-electron chi connectivity index (χ3n) is 4.69. The molecule has 20 heavy (non-hydrogen) atoms. The maximum atomic E-state index is 12.4. The number of H-pyrrole nitrogens is 1. The molecule has 0 aromatic carbocycles. The van der Waals surface area contributed by atoms with Gasteiger partial charge in [0.2, 0.25) is 0 Å². The van der Waals surface area contributed by atoms with Gasteiger partial charge in [-0.25, -0.2) is 0 Å². The minimum Gasteiger partial charge on any atom is -0.349 e. The molecular weight excluding hydrogens is 252 g/mol. The molecule has 1 amide bonds. The van der Waals surface area contributed by atoms with Crippen molar-refractivity contribution in [2.24, 2.45) is 5.92 Å².